The van der Waals surface area contributed by atoms with Crippen LogP contribution in [0.15, 0.2) is 36.7 Å². The molecule has 0 saturated heterocycles. The number of rotatable bonds is 31. The summed E-state index contributed by atoms with van der Waals surface area (Å²) in [4.78, 5) is 9.09. The van der Waals surface area contributed by atoms with E-state index in [1.807, 2.05) is 36.7 Å². The lowest BCUT2D eigenvalue weighted by atomic mass is 10.0. The summed E-state index contributed by atoms with van der Waals surface area (Å²) in [7, 11) is 0. The average Bonchev–Trinajstić information content (AvgIpc) is 3.05. The fraction of sp³-hybridized carbons (Fsp3) is 0.750. The van der Waals surface area contributed by atoms with Crippen LogP contribution >= 0.6 is 0 Å². The molecule has 0 aliphatic heterocycles. The molecule has 2 rings (SSSR count). The van der Waals surface area contributed by atoms with Crippen molar-refractivity contribution in [1.82, 2.24) is 9.97 Å². The van der Waals surface area contributed by atoms with E-state index in [-0.39, 0.29) is 0 Å². The minimum absolute atomic E-state index is 0.761. The van der Waals surface area contributed by atoms with Gasteiger partial charge in [0.15, 0.2) is 0 Å². The van der Waals surface area contributed by atoms with Crippen molar-refractivity contribution in [3.63, 3.8) is 0 Å². The van der Waals surface area contributed by atoms with Gasteiger partial charge in [-0.2, -0.15) is 0 Å². The molecule has 0 N–H and O–H groups in total. The van der Waals surface area contributed by atoms with Crippen molar-refractivity contribution in [3.8, 4) is 22.9 Å². The number of nitrogens with zero attached hydrogens (tertiary/aromatic N) is 2. The lowest BCUT2D eigenvalue weighted by Gasteiger charge is -2.09. The zero-order chi connectivity index (χ0) is 31.2. The van der Waals surface area contributed by atoms with Crippen molar-refractivity contribution in [2.75, 3.05) is 13.2 Å². The Morgan fingerprint density at radius 3 is 0.955 bits per heavy atom. The predicted octanol–water partition coefficient (Wildman–Crippen LogP) is 13.1. The van der Waals surface area contributed by atoms with Crippen LogP contribution in [0.2, 0.25) is 0 Å². The molecule has 0 spiro atoms. The van der Waals surface area contributed by atoms with Crippen molar-refractivity contribution >= 4 is 0 Å². The Hall–Kier alpha value is -2.10. The van der Waals surface area contributed by atoms with Crippen molar-refractivity contribution in [2.45, 2.75) is 181 Å². The molecule has 0 unspecified atom stereocenters. The van der Waals surface area contributed by atoms with Gasteiger partial charge in [0.05, 0.1) is 24.6 Å². The van der Waals surface area contributed by atoms with Gasteiger partial charge in [0.25, 0.3) is 0 Å². The number of pyridine rings is 2. The Bertz CT molecular complexity index is 829. The Labute approximate surface area is 272 Å². The van der Waals surface area contributed by atoms with E-state index in [1.54, 1.807) is 0 Å². The first-order chi connectivity index (χ1) is 21.8. The summed E-state index contributed by atoms with van der Waals surface area (Å²) in [6.07, 6.45) is 39.1. The topological polar surface area (TPSA) is 44.2 Å². The van der Waals surface area contributed by atoms with Gasteiger partial charge >= 0.3 is 0 Å². The number of ether oxygens (including phenoxy) is 2. The van der Waals surface area contributed by atoms with Crippen LogP contribution in [0.1, 0.15) is 181 Å². The van der Waals surface area contributed by atoms with Gasteiger partial charge in [-0.15, -0.1) is 0 Å². The SMILES string of the molecule is CCCCCCCCCCCCCCCOc1ccnc(-c2cc(OCCCCCCCCCCCCCCC)ccn2)c1. The van der Waals surface area contributed by atoms with Crippen LogP contribution in [0.25, 0.3) is 11.4 Å². The van der Waals surface area contributed by atoms with Crippen LogP contribution in [0, 0.1) is 0 Å². The summed E-state index contributed by atoms with van der Waals surface area (Å²) in [5, 5.41) is 0. The molecule has 0 atom stereocenters. The maximum absolute atomic E-state index is 6.06. The van der Waals surface area contributed by atoms with E-state index in [0.29, 0.717) is 0 Å². The highest BCUT2D eigenvalue weighted by Crippen LogP contribution is 2.24. The summed E-state index contributed by atoms with van der Waals surface area (Å²) < 4.78 is 12.1. The van der Waals surface area contributed by atoms with E-state index in [2.05, 4.69) is 23.8 Å². The Kier molecular flexibility index (Phi) is 24.6. The molecule has 0 saturated carbocycles. The maximum Gasteiger partial charge on any atom is 0.123 e. The lowest BCUT2D eigenvalue weighted by Crippen LogP contribution is -1.99. The zero-order valence-electron chi connectivity index (χ0n) is 29.0. The van der Waals surface area contributed by atoms with Gasteiger partial charge in [-0.05, 0) is 25.0 Å². The highest BCUT2D eigenvalue weighted by atomic mass is 16.5. The summed E-state index contributed by atoms with van der Waals surface area (Å²) >= 11 is 0. The molecule has 0 aliphatic carbocycles. The van der Waals surface area contributed by atoms with Crippen molar-refractivity contribution in [3.05, 3.63) is 36.7 Å². The normalized spacial score (nSPS) is 11.2. The van der Waals surface area contributed by atoms with E-state index in [0.717, 1.165) is 48.9 Å². The third-order valence-corrected chi connectivity index (χ3v) is 8.76. The number of hydrogen-bond acceptors (Lipinski definition) is 4. The minimum Gasteiger partial charge on any atom is -0.493 e. The summed E-state index contributed by atoms with van der Waals surface area (Å²) in [6, 6.07) is 7.89. The fourth-order valence-electron chi connectivity index (χ4n) is 5.90. The third kappa shape index (κ3) is 20.8. The van der Waals surface area contributed by atoms with Gasteiger partial charge in [0, 0.05) is 24.5 Å². The van der Waals surface area contributed by atoms with Gasteiger partial charge in [-0.3, -0.25) is 9.97 Å². The molecule has 250 valence electrons. The molecule has 0 bridgehead atoms. The van der Waals surface area contributed by atoms with Crippen LogP contribution in [-0.4, -0.2) is 23.2 Å². The minimum atomic E-state index is 0.761. The Morgan fingerprint density at radius 1 is 0.386 bits per heavy atom. The molecule has 4 nitrogen and oxygen atoms in total. The van der Waals surface area contributed by atoms with Crippen LogP contribution in [0.5, 0.6) is 11.5 Å². The van der Waals surface area contributed by atoms with Crippen LogP contribution in [-0.2, 0) is 0 Å². The van der Waals surface area contributed by atoms with Crippen molar-refractivity contribution < 1.29 is 9.47 Å². The van der Waals surface area contributed by atoms with Crippen molar-refractivity contribution in [2.24, 2.45) is 0 Å². The zero-order valence-corrected chi connectivity index (χ0v) is 29.0. The first-order valence-electron chi connectivity index (χ1n) is 19.0. The molecular formula is C40H68N2O2. The highest BCUT2D eigenvalue weighted by Gasteiger charge is 2.06. The van der Waals surface area contributed by atoms with Crippen LogP contribution in [0.4, 0.5) is 0 Å². The van der Waals surface area contributed by atoms with Gasteiger partial charge in [0.1, 0.15) is 11.5 Å². The average molecular weight is 609 g/mol. The molecule has 0 aromatic carbocycles. The maximum atomic E-state index is 6.06. The molecule has 2 aromatic rings. The van der Waals surface area contributed by atoms with Crippen molar-refractivity contribution in [1.29, 1.82) is 0 Å². The summed E-state index contributed by atoms with van der Waals surface area (Å²) in [5.74, 6) is 1.74. The highest BCUT2D eigenvalue weighted by molar-refractivity contribution is 5.57. The van der Waals surface area contributed by atoms with E-state index >= 15 is 0 Å². The van der Waals surface area contributed by atoms with Gasteiger partial charge < -0.3 is 9.47 Å². The first kappa shape index (κ1) is 38.1. The summed E-state index contributed by atoms with van der Waals surface area (Å²) in [5.41, 5.74) is 1.67. The number of unbranched alkanes of at least 4 members (excludes halogenated alkanes) is 24. The summed E-state index contributed by atoms with van der Waals surface area (Å²) in [6.45, 7) is 6.10. The first-order valence-corrected chi connectivity index (χ1v) is 19.0. The molecule has 2 aromatic heterocycles. The van der Waals surface area contributed by atoms with Crippen LogP contribution in [0.3, 0.4) is 0 Å². The molecule has 0 radical (unpaired) electrons. The van der Waals surface area contributed by atoms with Gasteiger partial charge in [-0.25, -0.2) is 0 Å². The van der Waals surface area contributed by atoms with E-state index in [4.69, 9.17) is 9.47 Å². The molecule has 4 heteroatoms. The van der Waals surface area contributed by atoms with Crippen LogP contribution < -0.4 is 9.47 Å². The fourth-order valence-corrected chi connectivity index (χ4v) is 5.90. The molecule has 0 aliphatic rings. The second-order valence-corrected chi connectivity index (χ2v) is 12.9. The largest absolute Gasteiger partial charge is 0.493 e. The monoisotopic (exact) mass is 609 g/mol. The second kappa shape index (κ2) is 28.4. The van der Waals surface area contributed by atoms with E-state index in [9.17, 15) is 0 Å². The van der Waals surface area contributed by atoms with E-state index < -0.39 is 0 Å². The molecule has 0 fully saturated rings. The van der Waals surface area contributed by atoms with Gasteiger partial charge in [-0.1, -0.05) is 168 Å². The number of aromatic nitrogens is 2. The van der Waals surface area contributed by atoms with Gasteiger partial charge in [0.2, 0.25) is 0 Å². The quantitative estimate of drug-likeness (QED) is 0.0799. The molecule has 44 heavy (non-hydrogen) atoms. The molecule has 0 amide bonds. The Balaban J connectivity index is 1.49. The Morgan fingerprint density at radius 2 is 0.659 bits per heavy atom. The third-order valence-electron chi connectivity index (χ3n) is 8.76. The number of hydrogen-bond donors (Lipinski definition) is 0. The van der Waals surface area contributed by atoms with E-state index in [1.165, 1.54) is 154 Å². The lowest BCUT2D eigenvalue weighted by molar-refractivity contribution is 0.303. The smallest absolute Gasteiger partial charge is 0.123 e. The molecular weight excluding hydrogens is 540 g/mol. The predicted molar refractivity (Wildman–Crippen MR) is 190 cm³/mol. The standard InChI is InChI=1S/C40H68N2O2/c1-3-5-7-9-11-13-15-17-19-21-23-25-27-33-43-37-29-31-41-39(35-37)40-36-38(30-32-42-40)44-34-28-26-24-22-20-18-16-14-12-10-8-6-4-2/h29-32,35-36H,3-28,33-34H2,1-2H3. The second-order valence-electron chi connectivity index (χ2n) is 12.9. The molecule has 2 heterocycles.